The third-order valence-corrected chi connectivity index (χ3v) is 2.21. The fourth-order valence-corrected chi connectivity index (χ4v) is 1.38. The van der Waals surface area contributed by atoms with Crippen LogP contribution in [0.25, 0.3) is 0 Å². The molecular weight excluding hydrogens is 228 g/mol. The Balaban J connectivity index is 2.89. The van der Waals surface area contributed by atoms with Gasteiger partial charge in [0, 0.05) is 12.6 Å². The predicted octanol–water partition coefficient (Wildman–Crippen LogP) is 1.03. The molecule has 0 aromatic carbocycles. The van der Waals surface area contributed by atoms with Gasteiger partial charge in [0.1, 0.15) is 4.92 Å². The molecule has 0 unspecified atom stereocenters. The number of amides is 1. The molecular formula is C10H14N2O5. The number of rotatable bonds is 5. The normalized spacial score (nSPS) is 10.6. The van der Waals surface area contributed by atoms with Crippen molar-refractivity contribution in [3.63, 3.8) is 0 Å². The maximum Gasteiger partial charge on any atom is 0.433 e. The highest BCUT2D eigenvalue weighted by atomic mass is 16.6. The summed E-state index contributed by atoms with van der Waals surface area (Å²) in [5.74, 6) is -1.04. The van der Waals surface area contributed by atoms with Crippen molar-refractivity contribution >= 4 is 11.8 Å². The fourth-order valence-electron chi connectivity index (χ4n) is 1.38. The molecule has 1 aromatic rings. The summed E-state index contributed by atoms with van der Waals surface area (Å²) < 4.78 is 4.81. The fraction of sp³-hybridized carbons (Fsp3) is 0.500. The molecule has 0 bridgehead atoms. The SMILES string of the molecule is CC(C)N(CCO)C(=O)c1ccc([N+](=O)[O-])o1. The van der Waals surface area contributed by atoms with E-state index in [2.05, 4.69) is 0 Å². The molecule has 1 rings (SSSR count). The molecule has 0 atom stereocenters. The molecule has 1 amide bonds. The molecule has 0 spiro atoms. The average Bonchev–Trinajstić information content (AvgIpc) is 2.73. The zero-order valence-electron chi connectivity index (χ0n) is 9.62. The van der Waals surface area contributed by atoms with E-state index in [0.29, 0.717) is 0 Å². The van der Waals surface area contributed by atoms with Gasteiger partial charge in [0.25, 0.3) is 5.91 Å². The summed E-state index contributed by atoms with van der Waals surface area (Å²) in [6.07, 6.45) is 0. The second kappa shape index (κ2) is 5.44. The van der Waals surface area contributed by atoms with E-state index >= 15 is 0 Å². The number of nitro groups is 1. The van der Waals surface area contributed by atoms with Crippen molar-refractivity contribution in [2.45, 2.75) is 19.9 Å². The lowest BCUT2D eigenvalue weighted by molar-refractivity contribution is -0.402. The van der Waals surface area contributed by atoms with Crippen molar-refractivity contribution in [3.8, 4) is 0 Å². The molecule has 0 aliphatic carbocycles. The number of carbonyl (C=O) groups excluding carboxylic acids is 1. The second-order valence-electron chi connectivity index (χ2n) is 3.71. The van der Waals surface area contributed by atoms with E-state index in [1.54, 1.807) is 13.8 Å². The molecule has 0 aliphatic rings. The molecule has 0 fully saturated rings. The Morgan fingerprint density at radius 1 is 1.59 bits per heavy atom. The van der Waals surface area contributed by atoms with Crippen molar-refractivity contribution in [2.75, 3.05) is 13.2 Å². The monoisotopic (exact) mass is 242 g/mol. The first-order valence-corrected chi connectivity index (χ1v) is 5.13. The van der Waals surface area contributed by atoms with Crippen molar-refractivity contribution < 1.29 is 19.2 Å². The number of nitrogens with zero attached hydrogens (tertiary/aromatic N) is 2. The van der Waals surface area contributed by atoms with E-state index in [0.717, 1.165) is 6.07 Å². The Labute approximate surface area is 97.8 Å². The van der Waals surface area contributed by atoms with E-state index in [1.807, 2.05) is 0 Å². The molecule has 0 saturated carbocycles. The van der Waals surface area contributed by atoms with Gasteiger partial charge >= 0.3 is 5.88 Å². The van der Waals surface area contributed by atoms with Crippen LogP contribution in [0.2, 0.25) is 0 Å². The van der Waals surface area contributed by atoms with Crippen molar-refractivity contribution in [1.29, 1.82) is 0 Å². The third-order valence-electron chi connectivity index (χ3n) is 2.21. The zero-order chi connectivity index (χ0) is 13.0. The van der Waals surface area contributed by atoms with Crippen LogP contribution in [0.5, 0.6) is 0 Å². The summed E-state index contributed by atoms with van der Waals surface area (Å²) in [5.41, 5.74) is 0. The topological polar surface area (TPSA) is 96.8 Å². The molecule has 7 nitrogen and oxygen atoms in total. The number of aliphatic hydroxyl groups excluding tert-OH is 1. The second-order valence-corrected chi connectivity index (χ2v) is 3.71. The Morgan fingerprint density at radius 3 is 2.65 bits per heavy atom. The highest BCUT2D eigenvalue weighted by Crippen LogP contribution is 2.18. The molecule has 94 valence electrons. The minimum atomic E-state index is -0.706. The van der Waals surface area contributed by atoms with Crippen LogP contribution < -0.4 is 0 Å². The van der Waals surface area contributed by atoms with Crippen LogP contribution in [0.4, 0.5) is 5.88 Å². The smallest absolute Gasteiger partial charge is 0.395 e. The largest absolute Gasteiger partial charge is 0.433 e. The van der Waals surface area contributed by atoms with Gasteiger partial charge in [-0.05, 0) is 19.9 Å². The Bertz CT molecular complexity index is 413. The summed E-state index contributed by atoms with van der Waals surface area (Å²) in [4.78, 5) is 23.0. The molecule has 1 heterocycles. The lowest BCUT2D eigenvalue weighted by Gasteiger charge is -2.24. The maximum absolute atomic E-state index is 11.9. The standard InChI is InChI=1S/C10H14N2O5/c1-7(2)11(5-6-13)10(14)8-3-4-9(17-8)12(15)16/h3-4,7,13H,5-6H2,1-2H3. The molecule has 0 saturated heterocycles. The average molecular weight is 242 g/mol. The molecule has 0 radical (unpaired) electrons. The van der Waals surface area contributed by atoms with E-state index in [-0.39, 0.29) is 25.0 Å². The quantitative estimate of drug-likeness (QED) is 0.614. The van der Waals surface area contributed by atoms with Gasteiger partial charge in [0.15, 0.2) is 5.76 Å². The summed E-state index contributed by atoms with van der Waals surface area (Å²) in [6.45, 7) is 3.55. The lowest BCUT2D eigenvalue weighted by Crippen LogP contribution is -2.38. The molecule has 0 aliphatic heterocycles. The van der Waals surface area contributed by atoms with Crippen LogP contribution in [-0.2, 0) is 0 Å². The van der Waals surface area contributed by atoms with Gasteiger partial charge in [0.05, 0.1) is 12.7 Å². The highest BCUT2D eigenvalue weighted by molar-refractivity contribution is 5.92. The molecule has 1 N–H and O–H groups in total. The number of hydrogen-bond donors (Lipinski definition) is 1. The Kier molecular flexibility index (Phi) is 4.22. The Morgan fingerprint density at radius 2 is 2.24 bits per heavy atom. The van der Waals surface area contributed by atoms with Crippen LogP contribution in [0.15, 0.2) is 16.5 Å². The first-order valence-electron chi connectivity index (χ1n) is 5.13. The van der Waals surface area contributed by atoms with Crippen molar-refractivity contribution in [2.24, 2.45) is 0 Å². The highest BCUT2D eigenvalue weighted by Gasteiger charge is 2.23. The molecule has 1 aromatic heterocycles. The Hall–Kier alpha value is -1.89. The van der Waals surface area contributed by atoms with Crippen molar-refractivity contribution in [1.82, 2.24) is 4.90 Å². The summed E-state index contributed by atoms with van der Waals surface area (Å²) in [7, 11) is 0. The summed E-state index contributed by atoms with van der Waals surface area (Å²) >= 11 is 0. The number of aliphatic hydroxyl groups is 1. The van der Waals surface area contributed by atoms with Gasteiger partial charge in [-0.1, -0.05) is 0 Å². The van der Waals surface area contributed by atoms with E-state index in [4.69, 9.17) is 9.52 Å². The minimum absolute atomic E-state index is 0.0983. The van der Waals surface area contributed by atoms with Gasteiger partial charge in [-0.15, -0.1) is 0 Å². The van der Waals surface area contributed by atoms with Gasteiger partial charge in [-0.2, -0.15) is 0 Å². The van der Waals surface area contributed by atoms with E-state index in [1.165, 1.54) is 11.0 Å². The van der Waals surface area contributed by atoms with Crippen LogP contribution in [-0.4, -0.2) is 40.0 Å². The predicted molar refractivity (Wildman–Crippen MR) is 58.6 cm³/mol. The van der Waals surface area contributed by atoms with Gasteiger partial charge in [-0.25, -0.2) is 0 Å². The van der Waals surface area contributed by atoms with Gasteiger partial charge < -0.3 is 14.4 Å². The van der Waals surface area contributed by atoms with Gasteiger partial charge in [0.2, 0.25) is 0 Å². The first-order chi connectivity index (χ1) is 7.97. The van der Waals surface area contributed by atoms with Crippen LogP contribution in [0.3, 0.4) is 0 Å². The molecule has 17 heavy (non-hydrogen) atoms. The number of carbonyl (C=O) groups is 1. The van der Waals surface area contributed by atoms with E-state index in [9.17, 15) is 14.9 Å². The number of furan rings is 1. The van der Waals surface area contributed by atoms with Crippen LogP contribution in [0.1, 0.15) is 24.4 Å². The van der Waals surface area contributed by atoms with Crippen LogP contribution >= 0.6 is 0 Å². The third kappa shape index (κ3) is 3.04. The number of hydrogen-bond acceptors (Lipinski definition) is 5. The summed E-state index contributed by atoms with van der Waals surface area (Å²) in [5, 5.41) is 19.3. The van der Waals surface area contributed by atoms with Gasteiger partial charge in [-0.3, -0.25) is 14.9 Å². The van der Waals surface area contributed by atoms with E-state index < -0.39 is 16.7 Å². The maximum atomic E-state index is 11.9. The zero-order valence-corrected chi connectivity index (χ0v) is 9.62. The molecule has 7 heteroatoms. The minimum Gasteiger partial charge on any atom is -0.395 e. The lowest BCUT2D eigenvalue weighted by atomic mass is 10.3. The van der Waals surface area contributed by atoms with Crippen LogP contribution in [0, 0.1) is 10.1 Å². The first kappa shape index (κ1) is 13.2. The van der Waals surface area contributed by atoms with Crippen molar-refractivity contribution in [3.05, 3.63) is 28.0 Å². The summed E-state index contributed by atoms with van der Waals surface area (Å²) in [6, 6.07) is 2.26.